The predicted octanol–water partition coefficient (Wildman–Crippen LogP) is -12.6. The highest BCUT2D eigenvalue weighted by atomic mass is 32.3. The summed E-state index contributed by atoms with van der Waals surface area (Å²) in [5.41, 5.74) is 0. The monoisotopic (exact) mass is 926 g/mol. The van der Waals surface area contributed by atoms with Crippen LogP contribution in [0.4, 0.5) is 0 Å². The zero-order chi connectivity index (χ0) is 45.8. The van der Waals surface area contributed by atoms with Crippen molar-refractivity contribution in [2.75, 3.05) is 33.0 Å². The minimum absolute atomic E-state index is 0.837. The van der Waals surface area contributed by atoms with Crippen LogP contribution in [0.15, 0.2) is 0 Å². The van der Waals surface area contributed by atoms with Gasteiger partial charge >= 0.3 is 10.4 Å². The number of aliphatic hydroxyl groups excluding tert-OH is 17. The number of hydrogen-bond acceptors (Lipinski definition) is 28. The smallest absolute Gasteiger partial charge is 0.394 e. The number of aliphatic hydroxyl groups is 17. The largest absolute Gasteiger partial charge is 0.394 e. The van der Waals surface area contributed by atoms with Gasteiger partial charge in [-0.3, -0.25) is 9.11 Å². The van der Waals surface area contributed by atoms with Crippen LogP contribution in [0.3, 0.4) is 0 Å². The summed E-state index contributed by atoms with van der Waals surface area (Å²) in [7, 11) is -4.67. The molecule has 5 rings (SSSR count). The Hall–Kier alpha value is -1.17. The Labute approximate surface area is 343 Å². The quantitative estimate of drug-likeness (QED) is 0.0763. The molecule has 5 saturated heterocycles. The molecule has 31 heteroatoms. The van der Waals surface area contributed by atoms with Crippen LogP contribution in [0.1, 0.15) is 0 Å². The van der Waals surface area contributed by atoms with Gasteiger partial charge in [-0.25, -0.2) is 0 Å². The minimum Gasteiger partial charge on any atom is -0.394 e. The molecule has 0 aromatic carbocycles. The molecule has 5 heterocycles. The van der Waals surface area contributed by atoms with Crippen molar-refractivity contribution in [1.82, 2.24) is 0 Å². The summed E-state index contributed by atoms with van der Waals surface area (Å²) < 4.78 is 80.5. The van der Waals surface area contributed by atoms with E-state index < -0.39 is 197 Å². The van der Waals surface area contributed by atoms with Gasteiger partial charge in [0.15, 0.2) is 31.5 Å². The molecule has 25 unspecified atom stereocenters. The highest BCUT2D eigenvalue weighted by Crippen LogP contribution is 2.35. The molecule has 5 aliphatic rings. The molecule has 0 spiro atoms. The zero-order valence-electron chi connectivity index (χ0n) is 31.4. The Morgan fingerprint density at radius 2 is 0.557 bits per heavy atom. The standard InChI is InChI=1S/C30H52O26.H2O4S/c31-1-6-11(36)16(41)17(42)27(49-6)54-23-13(38)8(3-33)51-29(19(23)44)56-25-15(40)10(5-35)52-30(21(25)46)55-24-14(39)9(4-34)50-28(20(24)45)53-22-12(37)7(2-32)48-26(47)18(22)43;1-5(2,3)4/h6-47H,1-5H2;(H2,1,2,3,4). The molecule has 0 radical (unpaired) electrons. The highest BCUT2D eigenvalue weighted by molar-refractivity contribution is 7.79. The van der Waals surface area contributed by atoms with Crippen molar-refractivity contribution in [3.63, 3.8) is 0 Å². The van der Waals surface area contributed by atoms with Crippen LogP contribution in [0, 0.1) is 0 Å². The van der Waals surface area contributed by atoms with Crippen molar-refractivity contribution in [3.8, 4) is 0 Å². The molecule has 61 heavy (non-hydrogen) atoms. The lowest BCUT2D eigenvalue weighted by atomic mass is 9.95. The van der Waals surface area contributed by atoms with Crippen LogP contribution in [-0.4, -0.2) is 291 Å². The Morgan fingerprint density at radius 3 is 0.836 bits per heavy atom. The summed E-state index contributed by atoms with van der Waals surface area (Å²) >= 11 is 0. The molecule has 30 nitrogen and oxygen atoms in total. The van der Waals surface area contributed by atoms with Crippen LogP contribution < -0.4 is 0 Å². The minimum atomic E-state index is -4.67. The Kier molecular flexibility index (Phi) is 19.2. The molecule has 0 aromatic heterocycles. The lowest BCUT2D eigenvalue weighted by Crippen LogP contribution is -2.68. The number of ether oxygens (including phenoxy) is 9. The molecular weight excluding hydrogens is 872 g/mol. The van der Waals surface area contributed by atoms with E-state index in [-0.39, 0.29) is 0 Å². The van der Waals surface area contributed by atoms with Gasteiger partial charge in [0.1, 0.15) is 122 Å². The molecule has 0 bridgehead atoms. The van der Waals surface area contributed by atoms with Crippen molar-refractivity contribution < 1.29 is 147 Å². The van der Waals surface area contributed by atoms with Gasteiger partial charge in [-0.2, -0.15) is 8.42 Å². The summed E-state index contributed by atoms with van der Waals surface area (Å²) in [5, 5.41) is 177. The van der Waals surface area contributed by atoms with Gasteiger partial charge in [0.05, 0.1) is 33.0 Å². The van der Waals surface area contributed by atoms with E-state index in [1.54, 1.807) is 0 Å². The molecular formula is C30H54O30S. The topological polar surface area (TPSA) is 502 Å². The van der Waals surface area contributed by atoms with Gasteiger partial charge in [-0.1, -0.05) is 0 Å². The lowest BCUT2D eigenvalue weighted by molar-refractivity contribution is -0.395. The fraction of sp³-hybridized carbons (Fsp3) is 1.00. The van der Waals surface area contributed by atoms with Gasteiger partial charge in [-0.05, 0) is 0 Å². The van der Waals surface area contributed by atoms with E-state index in [9.17, 15) is 86.8 Å². The van der Waals surface area contributed by atoms with Crippen LogP contribution in [0.5, 0.6) is 0 Å². The average Bonchev–Trinajstić information content (AvgIpc) is 3.21. The van der Waals surface area contributed by atoms with Gasteiger partial charge in [-0.15, -0.1) is 0 Å². The van der Waals surface area contributed by atoms with Crippen molar-refractivity contribution in [2.24, 2.45) is 0 Å². The Bertz CT molecular complexity index is 1430. The van der Waals surface area contributed by atoms with Crippen molar-refractivity contribution in [1.29, 1.82) is 0 Å². The summed E-state index contributed by atoms with van der Waals surface area (Å²) in [5.74, 6) is 0. The Morgan fingerprint density at radius 1 is 0.328 bits per heavy atom. The van der Waals surface area contributed by atoms with E-state index in [0.29, 0.717) is 0 Å². The van der Waals surface area contributed by atoms with Gasteiger partial charge in [0.25, 0.3) is 0 Å². The van der Waals surface area contributed by atoms with Crippen molar-refractivity contribution >= 4 is 10.4 Å². The second-order valence-electron chi connectivity index (χ2n) is 14.4. The first-order chi connectivity index (χ1) is 28.5. The number of hydrogen-bond donors (Lipinski definition) is 19. The van der Waals surface area contributed by atoms with E-state index in [4.69, 9.17) is 60.2 Å². The second-order valence-corrected chi connectivity index (χ2v) is 15.3. The summed E-state index contributed by atoms with van der Waals surface area (Å²) in [6.07, 6.45) is -47.2. The van der Waals surface area contributed by atoms with Crippen LogP contribution in [-0.2, 0) is 53.0 Å². The maximum Gasteiger partial charge on any atom is 0.394 e. The molecule has 19 N–H and O–H groups in total. The fourth-order valence-electron chi connectivity index (χ4n) is 7.01. The molecule has 0 aromatic rings. The van der Waals surface area contributed by atoms with E-state index in [1.165, 1.54) is 0 Å². The molecule has 25 atom stereocenters. The zero-order valence-corrected chi connectivity index (χ0v) is 32.2. The summed E-state index contributed by atoms with van der Waals surface area (Å²) in [6, 6.07) is 0. The molecule has 0 aliphatic carbocycles. The van der Waals surface area contributed by atoms with Gasteiger partial charge in [0.2, 0.25) is 0 Å². The maximum absolute atomic E-state index is 11.4. The summed E-state index contributed by atoms with van der Waals surface area (Å²) in [6.45, 7) is -4.58. The van der Waals surface area contributed by atoms with Gasteiger partial charge < -0.3 is 129 Å². The Balaban J connectivity index is 0.00000155. The first-order valence-electron chi connectivity index (χ1n) is 18.3. The van der Waals surface area contributed by atoms with Crippen LogP contribution in [0.25, 0.3) is 0 Å². The molecule has 0 saturated carbocycles. The first kappa shape index (κ1) is 52.5. The van der Waals surface area contributed by atoms with Crippen molar-refractivity contribution in [2.45, 2.75) is 154 Å². The van der Waals surface area contributed by atoms with E-state index in [2.05, 4.69) is 0 Å². The number of rotatable bonds is 13. The van der Waals surface area contributed by atoms with Gasteiger partial charge in [0, 0.05) is 0 Å². The molecule has 5 fully saturated rings. The third-order valence-electron chi connectivity index (χ3n) is 10.3. The van der Waals surface area contributed by atoms with E-state index in [1.807, 2.05) is 0 Å². The molecule has 360 valence electrons. The third-order valence-corrected chi connectivity index (χ3v) is 10.3. The fourth-order valence-corrected chi connectivity index (χ4v) is 7.01. The third kappa shape index (κ3) is 12.2. The predicted molar refractivity (Wildman–Crippen MR) is 181 cm³/mol. The SMILES string of the molecule is O=S(=O)(O)O.OCC1OC(OC2C(O)C(CO)OC(OC3C(O)C(CO)OC(OC4C(O)C(CO)OC(OC5C(O)C(O)OC(CO)C5O)C4O)C3O)C2O)C(O)C(O)C1O. The van der Waals surface area contributed by atoms with Crippen LogP contribution in [0.2, 0.25) is 0 Å². The highest BCUT2D eigenvalue weighted by Gasteiger charge is 2.56. The van der Waals surface area contributed by atoms with E-state index in [0.717, 1.165) is 0 Å². The van der Waals surface area contributed by atoms with Crippen LogP contribution >= 0.6 is 0 Å². The average molecular weight is 927 g/mol. The van der Waals surface area contributed by atoms with E-state index >= 15 is 0 Å². The molecule has 5 aliphatic heterocycles. The second kappa shape index (κ2) is 22.3. The lowest BCUT2D eigenvalue weighted by Gasteiger charge is -2.49. The van der Waals surface area contributed by atoms with Crippen molar-refractivity contribution in [3.05, 3.63) is 0 Å². The normalized spacial score (nSPS) is 49.8. The molecule has 0 amide bonds. The maximum atomic E-state index is 11.4. The summed E-state index contributed by atoms with van der Waals surface area (Å²) in [4.78, 5) is 0. The first-order valence-corrected chi connectivity index (χ1v) is 19.7.